The summed E-state index contributed by atoms with van der Waals surface area (Å²) in [5, 5.41) is 3.41. The summed E-state index contributed by atoms with van der Waals surface area (Å²) >= 11 is 0. The first-order valence-electron chi connectivity index (χ1n) is 13.0. The SMILES string of the molecule is C#Cc1cc(C#C)cc(P(=O)(c2ccccc2)c2ccc(P(=O)(c3ccccc3)c3cc(C#C)cc(C#C)c3)cc2)c1. The predicted molar refractivity (Wildman–Crippen MR) is 177 cm³/mol. The maximum absolute atomic E-state index is 15.2. The van der Waals surface area contributed by atoms with Crippen molar-refractivity contribution >= 4 is 46.1 Å². The van der Waals surface area contributed by atoms with Crippen LogP contribution in [0.5, 0.6) is 0 Å². The predicted octanol–water partition coefficient (Wildman–Crippen LogP) is 4.89. The Balaban J connectivity index is 1.74. The van der Waals surface area contributed by atoms with E-state index in [1.165, 1.54) is 0 Å². The minimum absolute atomic E-state index is 0.525. The van der Waals surface area contributed by atoms with E-state index in [2.05, 4.69) is 23.7 Å². The fourth-order valence-electron chi connectivity index (χ4n) is 4.96. The zero-order chi connectivity index (χ0) is 29.7. The van der Waals surface area contributed by atoms with Gasteiger partial charge in [-0.05, 0) is 36.4 Å². The molecular weight excluding hydrogens is 550 g/mol. The summed E-state index contributed by atoms with van der Waals surface area (Å²) in [4.78, 5) is 0. The fourth-order valence-corrected chi connectivity index (χ4v) is 10.4. The lowest BCUT2D eigenvalue weighted by molar-refractivity contribution is 0.591. The Morgan fingerprint density at radius 2 is 0.619 bits per heavy atom. The van der Waals surface area contributed by atoms with E-state index in [9.17, 15) is 0 Å². The molecule has 2 unspecified atom stereocenters. The van der Waals surface area contributed by atoms with Gasteiger partial charge in [0.25, 0.3) is 0 Å². The van der Waals surface area contributed by atoms with Gasteiger partial charge in [0.05, 0.1) is 0 Å². The number of rotatable bonds is 6. The molecule has 4 heteroatoms. The Morgan fingerprint density at radius 3 is 0.881 bits per heavy atom. The van der Waals surface area contributed by atoms with Crippen LogP contribution in [0.1, 0.15) is 22.3 Å². The molecule has 0 N–H and O–H groups in total. The molecule has 0 aliphatic heterocycles. The minimum atomic E-state index is -3.43. The van der Waals surface area contributed by atoms with Crippen LogP contribution in [0.4, 0.5) is 0 Å². The molecule has 0 spiro atoms. The summed E-state index contributed by atoms with van der Waals surface area (Å²) in [6.45, 7) is 0. The van der Waals surface area contributed by atoms with Crippen molar-refractivity contribution < 1.29 is 9.13 Å². The summed E-state index contributed by atoms with van der Waals surface area (Å²) in [5.74, 6) is 10.5. The topological polar surface area (TPSA) is 34.1 Å². The highest BCUT2D eigenvalue weighted by Crippen LogP contribution is 2.45. The average molecular weight is 575 g/mol. The molecule has 0 saturated heterocycles. The first kappa shape index (κ1) is 28.3. The Kier molecular flexibility index (Phi) is 7.91. The van der Waals surface area contributed by atoms with Crippen molar-refractivity contribution in [2.75, 3.05) is 0 Å². The van der Waals surface area contributed by atoms with Crippen molar-refractivity contribution in [2.45, 2.75) is 0 Å². The highest BCUT2D eigenvalue weighted by molar-refractivity contribution is 7.86. The smallest absolute Gasteiger partial charge is 0.171 e. The van der Waals surface area contributed by atoms with Crippen LogP contribution in [0, 0.1) is 49.4 Å². The van der Waals surface area contributed by atoms with Gasteiger partial charge in [0.1, 0.15) is 0 Å². The highest BCUT2D eigenvalue weighted by Gasteiger charge is 2.34. The van der Waals surface area contributed by atoms with Gasteiger partial charge in [-0.2, -0.15) is 0 Å². The van der Waals surface area contributed by atoms with Crippen molar-refractivity contribution in [2.24, 2.45) is 0 Å². The second-order valence-corrected chi connectivity index (χ2v) is 15.1. The maximum Gasteiger partial charge on any atom is 0.171 e. The van der Waals surface area contributed by atoms with Gasteiger partial charge in [-0.25, -0.2) is 0 Å². The second-order valence-electron chi connectivity index (χ2n) is 9.52. The second kappa shape index (κ2) is 11.7. The van der Waals surface area contributed by atoms with Crippen molar-refractivity contribution in [3.8, 4) is 49.4 Å². The van der Waals surface area contributed by atoms with Gasteiger partial charge in [-0.15, -0.1) is 25.7 Å². The maximum atomic E-state index is 15.2. The zero-order valence-corrected chi connectivity index (χ0v) is 24.4. The van der Waals surface area contributed by atoms with Crippen molar-refractivity contribution in [1.29, 1.82) is 0 Å². The molecule has 0 radical (unpaired) electrons. The van der Waals surface area contributed by atoms with Gasteiger partial charge in [0.15, 0.2) is 14.3 Å². The van der Waals surface area contributed by atoms with Gasteiger partial charge in [-0.3, -0.25) is 0 Å². The molecule has 198 valence electrons. The molecule has 5 aromatic carbocycles. The van der Waals surface area contributed by atoms with Crippen LogP contribution in [-0.4, -0.2) is 0 Å². The zero-order valence-electron chi connectivity index (χ0n) is 22.6. The molecular formula is C38H24O2P2. The van der Waals surface area contributed by atoms with E-state index in [1.54, 1.807) is 60.7 Å². The van der Waals surface area contributed by atoms with Gasteiger partial charge >= 0.3 is 0 Å². The quantitative estimate of drug-likeness (QED) is 0.214. The minimum Gasteiger partial charge on any atom is -0.309 e. The third-order valence-corrected chi connectivity index (χ3v) is 13.1. The summed E-state index contributed by atoms with van der Waals surface area (Å²) < 4.78 is 30.3. The molecule has 0 fully saturated rings. The Hall–Kier alpha value is -5.20. The normalized spacial score (nSPS) is 13.2. The van der Waals surface area contributed by atoms with Crippen LogP contribution in [0.2, 0.25) is 0 Å². The molecule has 0 aromatic heterocycles. The number of terminal acetylenes is 4. The van der Waals surface area contributed by atoms with Gasteiger partial charge in [0.2, 0.25) is 0 Å². The van der Waals surface area contributed by atoms with Crippen LogP contribution in [0.15, 0.2) is 121 Å². The first-order valence-corrected chi connectivity index (χ1v) is 16.4. The summed E-state index contributed by atoms with van der Waals surface area (Å²) in [6, 6.07) is 35.9. The molecule has 0 heterocycles. The van der Waals surface area contributed by atoms with E-state index in [1.807, 2.05) is 60.7 Å². The van der Waals surface area contributed by atoms with Gasteiger partial charge < -0.3 is 9.13 Å². The number of hydrogen-bond acceptors (Lipinski definition) is 2. The van der Waals surface area contributed by atoms with Crippen molar-refractivity contribution in [3.05, 3.63) is 144 Å². The molecule has 0 aliphatic carbocycles. The lowest BCUT2D eigenvalue weighted by atomic mass is 10.1. The lowest BCUT2D eigenvalue weighted by Gasteiger charge is -2.23. The van der Waals surface area contributed by atoms with Crippen LogP contribution in [-0.2, 0) is 9.13 Å². The van der Waals surface area contributed by atoms with E-state index in [-0.39, 0.29) is 0 Å². The van der Waals surface area contributed by atoms with Crippen LogP contribution >= 0.6 is 14.3 Å². The Morgan fingerprint density at radius 1 is 0.357 bits per heavy atom. The molecule has 0 saturated carbocycles. The molecule has 2 nitrogen and oxygen atoms in total. The lowest BCUT2D eigenvalue weighted by Crippen LogP contribution is -2.29. The van der Waals surface area contributed by atoms with E-state index in [0.29, 0.717) is 54.1 Å². The van der Waals surface area contributed by atoms with Crippen LogP contribution in [0.3, 0.4) is 0 Å². The fraction of sp³-hybridized carbons (Fsp3) is 0. The Bertz CT molecular complexity index is 1850. The molecule has 0 aliphatic rings. The van der Waals surface area contributed by atoms with Crippen molar-refractivity contribution in [1.82, 2.24) is 0 Å². The van der Waals surface area contributed by atoms with Crippen LogP contribution < -0.4 is 31.8 Å². The molecule has 2 atom stereocenters. The average Bonchev–Trinajstić information content (AvgIpc) is 3.07. The largest absolute Gasteiger partial charge is 0.309 e. The molecule has 0 bridgehead atoms. The molecule has 5 aromatic rings. The van der Waals surface area contributed by atoms with Crippen LogP contribution in [0.25, 0.3) is 0 Å². The third-order valence-electron chi connectivity index (χ3n) is 7.05. The highest BCUT2D eigenvalue weighted by atomic mass is 31.2. The van der Waals surface area contributed by atoms with E-state index in [0.717, 1.165) is 0 Å². The first-order chi connectivity index (χ1) is 20.4. The van der Waals surface area contributed by atoms with E-state index in [4.69, 9.17) is 25.7 Å². The monoisotopic (exact) mass is 574 g/mol. The standard InChI is InChI=1S/C38H24O2P2/c1-5-29-23-30(6-2)26-37(25-29)41(39,33-15-11-9-12-16-33)35-19-21-36(22-20-35)42(40,34-17-13-10-14-18-34)38-27-31(7-3)24-32(8-4)28-38/h1-4,9-28H. The van der Waals surface area contributed by atoms with E-state index < -0.39 is 14.3 Å². The third kappa shape index (κ3) is 5.04. The number of benzene rings is 5. The summed E-state index contributed by atoms with van der Waals surface area (Å²) in [6.07, 6.45) is 22.9. The molecule has 0 amide bonds. The van der Waals surface area contributed by atoms with Gasteiger partial charge in [-0.1, -0.05) is 109 Å². The molecule has 5 rings (SSSR count). The Labute approximate surface area is 247 Å². The molecule has 42 heavy (non-hydrogen) atoms. The summed E-state index contributed by atoms with van der Waals surface area (Å²) in [7, 11) is -6.86. The van der Waals surface area contributed by atoms with Crippen molar-refractivity contribution in [3.63, 3.8) is 0 Å². The van der Waals surface area contributed by atoms with Gasteiger partial charge in [0, 0.05) is 54.1 Å². The van der Waals surface area contributed by atoms with E-state index >= 15 is 9.13 Å². The summed E-state index contributed by atoms with van der Waals surface area (Å²) in [5.41, 5.74) is 2.16. The number of hydrogen-bond donors (Lipinski definition) is 0.